The molecule has 0 saturated carbocycles. The Kier molecular flexibility index (Phi) is 4.35. The summed E-state index contributed by atoms with van der Waals surface area (Å²) < 4.78 is 26.6. The fourth-order valence-electron chi connectivity index (χ4n) is 1.53. The number of hydrogen-bond donors (Lipinski definition) is 2. The van der Waals surface area contributed by atoms with E-state index in [2.05, 4.69) is 10.0 Å². The first-order chi connectivity index (χ1) is 9.83. The van der Waals surface area contributed by atoms with E-state index >= 15 is 0 Å². The van der Waals surface area contributed by atoms with Gasteiger partial charge in [-0.3, -0.25) is 14.8 Å². The van der Waals surface area contributed by atoms with Crippen LogP contribution in [0.15, 0.2) is 34.5 Å². The first-order valence-electron chi connectivity index (χ1n) is 5.58. The first-order valence-corrected chi connectivity index (χ1v) is 8.25. The molecule has 2 rings (SSSR count). The second-order valence-corrected chi connectivity index (χ2v) is 7.30. The van der Waals surface area contributed by atoms with E-state index in [4.69, 9.17) is 11.6 Å². The number of nitrogens with one attached hydrogen (secondary N) is 2. The van der Waals surface area contributed by atoms with Crippen molar-refractivity contribution in [1.29, 1.82) is 0 Å². The topological polar surface area (TPSA) is 101 Å². The Morgan fingerprint density at radius 2 is 1.90 bits per heavy atom. The molecule has 0 fully saturated rings. The second-order valence-electron chi connectivity index (χ2n) is 3.90. The van der Waals surface area contributed by atoms with Gasteiger partial charge in [-0.15, -0.1) is 0 Å². The molecule has 2 aromatic rings. The van der Waals surface area contributed by atoms with E-state index in [-0.39, 0.29) is 14.9 Å². The summed E-state index contributed by atoms with van der Waals surface area (Å²) in [6.07, 6.45) is 0. The lowest BCUT2D eigenvalue weighted by molar-refractivity contribution is -0.383. The predicted octanol–water partition coefficient (Wildman–Crippen LogP) is 3.15. The summed E-state index contributed by atoms with van der Waals surface area (Å²) in [5.74, 6) is 0. The van der Waals surface area contributed by atoms with Crippen molar-refractivity contribution in [1.82, 2.24) is 0 Å². The molecule has 0 aliphatic carbocycles. The smallest absolute Gasteiger partial charge is 0.304 e. The molecule has 1 aromatic carbocycles. The molecule has 1 heterocycles. The zero-order valence-electron chi connectivity index (χ0n) is 10.7. The van der Waals surface area contributed by atoms with Gasteiger partial charge in [-0.05, 0) is 24.3 Å². The van der Waals surface area contributed by atoms with Gasteiger partial charge in [-0.2, -0.15) is 0 Å². The number of nitro groups is 1. The third-order valence-electron chi connectivity index (χ3n) is 2.47. The molecule has 0 amide bonds. The summed E-state index contributed by atoms with van der Waals surface area (Å²) in [5, 5.41) is 14.1. The van der Waals surface area contributed by atoms with Gasteiger partial charge in [0, 0.05) is 23.8 Å². The Morgan fingerprint density at radius 1 is 1.29 bits per heavy atom. The molecule has 2 N–H and O–H groups in total. The summed E-state index contributed by atoms with van der Waals surface area (Å²) in [6.45, 7) is 0. The van der Waals surface area contributed by atoms with E-state index in [1.807, 2.05) is 0 Å². The normalized spacial score (nSPS) is 11.1. The molecule has 0 radical (unpaired) electrons. The lowest BCUT2D eigenvalue weighted by atomic mass is 10.3. The standard InChI is InChI=1S/C11H10ClN3O4S2/c1-13-11-9(15(16)17)6-10(20-11)21(18,19)14-8-4-2-7(12)3-5-8/h2-6,13-14H,1H3. The number of sulfonamides is 1. The van der Waals surface area contributed by atoms with Crippen LogP contribution >= 0.6 is 22.9 Å². The number of nitrogens with zero attached hydrogens (tertiary/aromatic N) is 1. The lowest BCUT2D eigenvalue weighted by Gasteiger charge is -2.05. The van der Waals surface area contributed by atoms with Gasteiger partial charge in [-0.25, -0.2) is 8.42 Å². The Hall–Kier alpha value is -1.84. The summed E-state index contributed by atoms with van der Waals surface area (Å²) in [4.78, 5) is 10.2. The molecular formula is C11H10ClN3O4S2. The molecule has 0 atom stereocenters. The van der Waals surface area contributed by atoms with E-state index in [1.54, 1.807) is 0 Å². The van der Waals surface area contributed by atoms with Crippen LogP contribution in [-0.2, 0) is 10.0 Å². The average Bonchev–Trinajstić information content (AvgIpc) is 2.86. The highest BCUT2D eigenvalue weighted by atomic mass is 35.5. The molecule has 0 aliphatic rings. The predicted molar refractivity (Wildman–Crippen MR) is 82.8 cm³/mol. The zero-order chi connectivity index (χ0) is 15.6. The minimum absolute atomic E-state index is 0.145. The van der Waals surface area contributed by atoms with Crippen molar-refractivity contribution >= 4 is 49.3 Å². The molecular weight excluding hydrogens is 338 g/mol. The molecule has 1 aromatic heterocycles. The molecule has 0 unspecified atom stereocenters. The Bertz CT molecular complexity index is 771. The fourth-order valence-corrected chi connectivity index (χ4v) is 4.00. The van der Waals surface area contributed by atoms with Crippen LogP contribution in [-0.4, -0.2) is 20.4 Å². The van der Waals surface area contributed by atoms with Crippen molar-refractivity contribution < 1.29 is 13.3 Å². The fraction of sp³-hybridized carbons (Fsp3) is 0.0909. The molecule has 7 nitrogen and oxygen atoms in total. The van der Waals surface area contributed by atoms with Gasteiger partial charge in [0.25, 0.3) is 10.0 Å². The van der Waals surface area contributed by atoms with E-state index in [9.17, 15) is 18.5 Å². The molecule has 0 bridgehead atoms. The van der Waals surface area contributed by atoms with E-state index in [1.165, 1.54) is 31.3 Å². The van der Waals surface area contributed by atoms with Gasteiger partial charge in [0.2, 0.25) is 0 Å². The maximum absolute atomic E-state index is 12.2. The summed E-state index contributed by atoms with van der Waals surface area (Å²) >= 11 is 6.51. The van der Waals surface area contributed by atoms with Crippen molar-refractivity contribution in [2.75, 3.05) is 17.1 Å². The third kappa shape index (κ3) is 3.43. The molecule has 112 valence electrons. The highest BCUT2D eigenvalue weighted by Crippen LogP contribution is 2.37. The van der Waals surface area contributed by atoms with Gasteiger partial charge in [0.05, 0.1) is 4.92 Å². The summed E-state index contributed by atoms with van der Waals surface area (Å²) in [5.41, 5.74) is 0.0421. The Balaban J connectivity index is 2.35. The second kappa shape index (κ2) is 5.88. The van der Waals surface area contributed by atoms with Crippen LogP contribution in [0.5, 0.6) is 0 Å². The molecule has 0 aliphatic heterocycles. The van der Waals surface area contributed by atoms with Crippen LogP contribution in [0.2, 0.25) is 5.02 Å². The van der Waals surface area contributed by atoms with Crippen LogP contribution in [0.25, 0.3) is 0 Å². The van der Waals surface area contributed by atoms with Gasteiger partial charge >= 0.3 is 5.69 Å². The maximum atomic E-state index is 12.2. The van der Waals surface area contributed by atoms with E-state index < -0.39 is 14.9 Å². The largest absolute Gasteiger partial charge is 0.374 e. The van der Waals surface area contributed by atoms with Crippen molar-refractivity contribution in [2.24, 2.45) is 0 Å². The SMILES string of the molecule is CNc1sc(S(=O)(=O)Nc2ccc(Cl)cc2)cc1[N+](=O)[O-]. The molecule has 0 saturated heterocycles. The monoisotopic (exact) mass is 347 g/mol. The number of anilines is 2. The van der Waals surface area contributed by atoms with Crippen molar-refractivity contribution in [3.05, 3.63) is 45.5 Å². The van der Waals surface area contributed by atoms with Crippen molar-refractivity contribution in [3.63, 3.8) is 0 Å². The van der Waals surface area contributed by atoms with Crippen LogP contribution in [0, 0.1) is 10.1 Å². The van der Waals surface area contributed by atoms with E-state index in [0.717, 1.165) is 17.4 Å². The van der Waals surface area contributed by atoms with Crippen LogP contribution < -0.4 is 10.0 Å². The molecule has 0 spiro atoms. The zero-order valence-corrected chi connectivity index (χ0v) is 13.1. The van der Waals surface area contributed by atoms with Crippen LogP contribution in [0.1, 0.15) is 0 Å². The van der Waals surface area contributed by atoms with Gasteiger partial charge in [0.15, 0.2) is 5.00 Å². The number of thiophene rings is 1. The van der Waals surface area contributed by atoms with Crippen LogP contribution in [0.3, 0.4) is 0 Å². The molecule has 21 heavy (non-hydrogen) atoms. The minimum atomic E-state index is -3.89. The Labute approximate surface area is 129 Å². The van der Waals surface area contributed by atoms with Gasteiger partial charge in [0.1, 0.15) is 4.21 Å². The average molecular weight is 348 g/mol. The first kappa shape index (κ1) is 15.5. The van der Waals surface area contributed by atoms with Crippen molar-refractivity contribution in [2.45, 2.75) is 4.21 Å². The lowest BCUT2D eigenvalue weighted by Crippen LogP contribution is -2.11. The maximum Gasteiger partial charge on any atom is 0.304 e. The number of benzene rings is 1. The van der Waals surface area contributed by atoms with Crippen LogP contribution in [0.4, 0.5) is 16.4 Å². The van der Waals surface area contributed by atoms with Gasteiger partial charge < -0.3 is 5.32 Å². The summed E-state index contributed by atoms with van der Waals surface area (Å²) in [7, 11) is -2.40. The highest BCUT2D eigenvalue weighted by Gasteiger charge is 2.25. The van der Waals surface area contributed by atoms with Gasteiger partial charge in [-0.1, -0.05) is 22.9 Å². The quantitative estimate of drug-likeness (QED) is 0.639. The third-order valence-corrected chi connectivity index (χ3v) is 5.72. The number of rotatable bonds is 5. The van der Waals surface area contributed by atoms with Crippen molar-refractivity contribution in [3.8, 4) is 0 Å². The number of hydrogen-bond acceptors (Lipinski definition) is 6. The minimum Gasteiger partial charge on any atom is -0.374 e. The van der Waals surface area contributed by atoms with E-state index in [0.29, 0.717) is 10.7 Å². The number of halogens is 1. The summed E-state index contributed by atoms with van der Waals surface area (Å²) in [6, 6.07) is 7.10. The highest BCUT2D eigenvalue weighted by molar-refractivity contribution is 7.94. The molecule has 10 heteroatoms. The Morgan fingerprint density at radius 3 is 2.38 bits per heavy atom.